The predicted octanol–water partition coefficient (Wildman–Crippen LogP) is 1.13. The Morgan fingerprint density at radius 2 is 2.05 bits per heavy atom. The van der Waals surface area contributed by atoms with Gasteiger partial charge in [0.1, 0.15) is 0 Å². The van der Waals surface area contributed by atoms with Crippen LogP contribution in [-0.4, -0.2) is 37.2 Å². The summed E-state index contributed by atoms with van der Waals surface area (Å²) in [5, 5.41) is 18.5. The maximum Gasteiger partial charge on any atom is 0.335 e. The number of aromatic carboxylic acids is 1. The van der Waals surface area contributed by atoms with Gasteiger partial charge < -0.3 is 10.2 Å². The molecule has 0 saturated carbocycles. The van der Waals surface area contributed by atoms with E-state index in [1.807, 2.05) is 6.92 Å². The molecule has 1 aromatic carbocycles. The molecule has 0 aliphatic rings. The van der Waals surface area contributed by atoms with Crippen molar-refractivity contribution in [3.8, 4) is 0 Å². The zero-order valence-electron chi connectivity index (χ0n) is 11.5. The van der Waals surface area contributed by atoms with Crippen LogP contribution in [0.2, 0.25) is 0 Å². The number of carboxylic acid groups (broad SMARTS) is 1. The van der Waals surface area contributed by atoms with Crippen LogP contribution >= 0.6 is 0 Å². The molecule has 1 aromatic rings. The average molecular weight is 301 g/mol. The van der Waals surface area contributed by atoms with Crippen LogP contribution in [0.5, 0.6) is 0 Å². The smallest absolute Gasteiger partial charge is 0.335 e. The summed E-state index contributed by atoms with van der Waals surface area (Å²) in [6.07, 6.45) is 0.491. The fourth-order valence-electron chi connectivity index (χ4n) is 1.86. The van der Waals surface area contributed by atoms with Gasteiger partial charge in [0, 0.05) is 6.54 Å². The average Bonchev–Trinajstić information content (AvgIpc) is 2.36. The maximum absolute atomic E-state index is 12.1. The van der Waals surface area contributed by atoms with Crippen molar-refractivity contribution in [2.24, 2.45) is 0 Å². The molecule has 7 heteroatoms. The lowest BCUT2D eigenvalue weighted by Crippen LogP contribution is -2.32. The van der Waals surface area contributed by atoms with Crippen LogP contribution in [0.1, 0.15) is 35.7 Å². The number of nitrogens with one attached hydrogen (secondary N) is 1. The molecule has 0 spiro atoms. The van der Waals surface area contributed by atoms with Gasteiger partial charge in [-0.1, -0.05) is 19.4 Å². The Morgan fingerprint density at radius 1 is 1.40 bits per heavy atom. The van der Waals surface area contributed by atoms with Crippen LogP contribution < -0.4 is 4.72 Å². The van der Waals surface area contributed by atoms with Crippen molar-refractivity contribution in [1.82, 2.24) is 4.72 Å². The first-order valence-electron chi connectivity index (χ1n) is 6.30. The lowest BCUT2D eigenvalue weighted by Gasteiger charge is -2.13. The first kappa shape index (κ1) is 16.6. The molecule has 3 N–H and O–H groups in total. The normalized spacial score (nSPS) is 13.2. The van der Waals surface area contributed by atoms with E-state index in [1.165, 1.54) is 25.1 Å². The molecular formula is C13H19NO5S. The van der Waals surface area contributed by atoms with Crippen molar-refractivity contribution in [1.29, 1.82) is 0 Å². The van der Waals surface area contributed by atoms with E-state index in [4.69, 9.17) is 5.11 Å². The molecule has 0 bridgehead atoms. The Kier molecular flexibility index (Phi) is 5.67. The highest BCUT2D eigenvalue weighted by molar-refractivity contribution is 7.89. The molecule has 1 unspecified atom stereocenters. The molecule has 1 rings (SSSR count). The van der Waals surface area contributed by atoms with Gasteiger partial charge in [-0.25, -0.2) is 17.9 Å². The number of sulfonamides is 1. The molecule has 20 heavy (non-hydrogen) atoms. The van der Waals surface area contributed by atoms with E-state index >= 15 is 0 Å². The molecule has 0 fully saturated rings. The molecule has 112 valence electrons. The van der Waals surface area contributed by atoms with E-state index in [-0.39, 0.29) is 22.6 Å². The van der Waals surface area contributed by atoms with Crippen LogP contribution in [0.3, 0.4) is 0 Å². The second-order valence-corrected chi connectivity index (χ2v) is 6.26. The minimum Gasteiger partial charge on any atom is -0.478 e. The quantitative estimate of drug-likeness (QED) is 0.700. The minimum atomic E-state index is -3.83. The topological polar surface area (TPSA) is 104 Å². The third-order valence-corrected chi connectivity index (χ3v) is 4.50. The zero-order valence-corrected chi connectivity index (χ0v) is 12.3. The van der Waals surface area contributed by atoms with Gasteiger partial charge in [-0.3, -0.25) is 0 Å². The molecular weight excluding hydrogens is 282 g/mol. The van der Waals surface area contributed by atoms with E-state index in [0.717, 1.165) is 6.42 Å². The highest BCUT2D eigenvalue weighted by Gasteiger charge is 2.21. The van der Waals surface area contributed by atoms with Crippen molar-refractivity contribution in [2.75, 3.05) is 6.54 Å². The van der Waals surface area contributed by atoms with Crippen LogP contribution in [0, 0.1) is 6.92 Å². The van der Waals surface area contributed by atoms with Gasteiger partial charge in [0.2, 0.25) is 10.0 Å². The van der Waals surface area contributed by atoms with Gasteiger partial charge >= 0.3 is 5.97 Å². The van der Waals surface area contributed by atoms with Crippen molar-refractivity contribution < 1.29 is 23.4 Å². The number of aliphatic hydroxyl groups excluding tert-OH is 1. The fraction of sp³-hybridized carbons (Fsp3) is 0.462. The predicted molar refractivity (Wildman–Crippen MR) is 74.2 cm³/mol. The second kappa shape index (κ2) is 6.83. The number of carboxylic acids is 1. The Labute approximate surface area is 118 Å². The van der Waals surface area contributed by atoms with E-state index in [9.17, 15) is 18.3 Å². The van der Waals surface area contributed by atoms with Crippen LogP contribution in [0.15, 0.2) is 23.1 Å². The number of hydrogen-bond acceptors (Lipinski definition) is 4. The van der Waals surface area contributed by atoms with Gasteiger partial charge in [0.05, 0.1) is 16.6 Å². The van der Waals surface area contributed by atoms with Crippen LogP contribution in [0.25, 0.3) is 0 Å². The van der Waals surface area contributed by atoms with Gasteiger partial charge in [-0.15, -0.1) is 0 Å². The maximum atomic E-state index is 12.1. The van der Waals surface area contributed by atoms with Crippen molar-refractivity contribution in [3.05, 3.63) is 29.3 Å². The van der Waals surface area contributed by atoms with Crippen LogP contribution in [0.4, 0.5) is 0 Å². The lowest BCUT2D eigenvalue weighted by atomic mass is 10.1. The lowest BCUT2D eigenvalue weighted by molar-refractivity contribution is 0.0695. The number of aliphatic hydroxyl groups is 1. The summed E-state index contributed by atoms with van der Waals surface area (Å²) < 4.78 is 26.5. The van der Waals surface area contributed by atoms with Gasteiger partial charge in [0.25, 0.3) is 0 Å². The van der Waals surface area contributed by atoms with Gasteiger partial charge in [-0.05, 0) is 31.0 Å². The Morgan fingerprint density at radius 3 is 2.60 bits per heavy atom. The van der Waals surface area contributed by atoms with E-state index in [2.05, 4.69) is 4.72 Å². The van der Waals surface area contributed by atoms with Crippen LogP contribution in [-0.2, 0) is 10.0 Å². The molecule has 0 saturated heterocycles. The molecule has 0 heterocycles. The molecule has 0 aliphatic heterocycles. The number of carbonyl (C=O) groups is 1. The van der Waals surface area contributed by atoms with Crippen molar-refractivity contribution >= 4 is 16.0 Å². The molecule has 0 radical (unpaired) electrons. The first-order valence-corrected chi connectivity index (χ1v) is 7.78. The summed E-state index contributed by atoms with van der Waals surface area (Å²) in [6.45, 7) is 3.24. The first-order chi connectivity index (χ1) is 9.29. The summed E-state index contributed by atoms with van der Waals surface area (Å²) >= 11 is 0. The summed E-state index contributed by atoms with van der Waals surface area (Å²) in [5.74, 6) is -1.18. The van der Waals surface area contributed by atoms with Crippen molar-refractivity contribution in [2.45, 2.75) is 37.7 Å². The SMILES string of the molecule is CCCC(O)CNS(=O)(=O)c1cccc(C(=O)O)c1C. The monoisotopic (exact) mass is 301 g/mol. The minimum absolute atomic E-state index is 0.0537. The Balaban J connectivity index is 2.99. The highest BCUT2D eigenvalue weighted by atomic mass is 32.2. The third kappa shape index (κ3) is 4.03. The Bertz CT molecular complexity index is 582. The third-order valence-electron chi connectivity index (χ3n) is 2.93. The number of benzene rings is 1. The van der Waals surface area contributed by atoms with Crippen molar-refractivity contribution in [3.63, 3.8) is 0 Å². The molecule has 0 aliphatic carbocycles. The van der Waals surface area contributed by atoms with E-state index < -0.39 is 22.1 Å². The molecule has 1 atom stereocenters. The fourth-order valence-corrected chi connectivity index (χ4v) is 3.19. The van der Waals surface area contributed by atoms with Gasteiger partial charge in [0.15, 0.2) is 0 Å². The molecule has 6 nitrogen and oxygen atoms in total. The Hall–Kier alpha value is -1.44. The van der Waals surface area contributed by atoms with Gasteiger partial charge in [-0.2, -0.15) is 0 Å². The molecule has 0 amide bonds. The van der Waals surface area contributed by atoms with E-state index in [1.54, 1.807) is 0 Å². The second-order valence-electron chi connectivity index (χ2n) is 4.53. The summed E-state index contributed by atoms with van der Waals surface area (Å²) in [5.41, 5.74) is 0.125. The highest BCUT2D eigenvalue weighted by Crippen LogP contribution is 2.18. The number of rotatable bonds is 7. The summed E-state index contributed by atoms with van der Waals surface area (Å²) in [4.78, 5) is 10.9. The van der Waals surface area contributed by atoms with E-state index in [0.29, 0.717) is 6.42 Å². The largest absolute Gasteiger partial charge is 0.478 e. The zero-order chi connectivity index (χ0) is 15.3. The number of hydrogen-bond donors (Lipinski definition) is 3. The summed E-state index contributed by atoms with van der Waals surface area (Å²) in [7, 11) is -3.83. The molecule has 0 aromatic heterocycles. The standard InChI is InChI=1S/C13H19NO5S/c1-3-5-10(15)8-14-20(18,19)12-7-4-6-11(9(12)2)13(16)17/h4,6-7,10,14-15H,3,5,8H2,1-2H3,(H,16,17). The summed E-state index contributed by atoms with van der Waals surface area (Å²) in [6, 6.07) is 4.08.